The summed E-state index contributed by atoms with van der Waals surface area (Å²) in [5.74, 6) is 0.700. The number of anilines is 1. The van der Waals surface area contributed by atoms with Crippen molar-refractivity contribution in [3.8, 4) is 0 Å². The number of hydrogen-bond donors (Lipinski definition) is 1. The van der Waals surface area contributed by atoms with Crippen molar-refractivity contribution in [2.24, 2.45) is 0 Å². The molecule has 1 unspecified atom stereocenters. The molecule has 3 aromatic heterocycles. The Morgan fingerprint density at radius 2 is 2.19 bits per heavy atom. The third kappa shape index (κ3) is 3.55. The predicted molar refractivity (Wildman–Crippen MR) is 105 cm³/mol. The lowest BCUT2D eigenvalue weighted by Gasteiger charge is -2.23. The molecule has 9 heteroatoms. The number of aryl methyl sites for hydroxylation is 1. The van der Waals surface area contributed by atoms with Gasteiger partial charge < -0.3 is 15.0 Å². The van der Waals surface area contributed by atoms with Crippen LogP contribution in [0.3, 0.4) is 0 Å². The van der Waals surface area contributed by atoms with E-state index in [9.17, 15) is 4.79 Å². The molecule has 26 heavy (non-hydrogen) atoms. The molecule has 0 bridgehead atoms. The molecular formula is C17H21N5O2S2. The summed E-state index contributed by atoms with van der Waals surface area (Å²) in [4.78, 5) is 29.3. The van der Waals surface area contributed by atoms with Crippen LogP contribution in [-0.2, 0) is 4.74 Å². The van der Waals surface area contributed by atoms with Crippen molar-refractivity contribution >= 4 is 44.6 Å². The SMILES string of the molecule is COCCNc1ncnc2sc(C(=O)N(C)C(C)c3nccs3)c(C)c12. The zero-order valence-corrected chi connectivity index (χ0v) is 16.8. The van der Waals surface area contributed by atoms with Crippen molar-refractivity contribution in [1.82, 2.24) is 19.9 Å². The molecule has 0 aromatic carbocycles. The summed E-state index contributed by atoms with van der Waals surface area (Å²) in [6.45, 7) is 5.15. The first-order chi connectivity index (χ1) is 12.5. The van der Waals surface area contributed by atoms with Crippen molar-refractivity contribution < 1.29 is 9.53 Å². The van der Waals surface area contributed by atoms with E-state index in [-0.39, 0.29) is 11.9 Å². The second kappa shape index (κ2) is 8.07. The van der Waals surface area contributed by atoms with Crippen molar-refractivity contribution in [3.05, 3.63) is 33.4 Å². The molecule has 0 saturated heterocycles. The van der Waals surface area contributed by atoms with Crippen molar-refractivity contribution in [2.75, 3.05) is 32.6 Å². The van der Waals surface area contributed by atoms with Crippen molar-refractivity contribution in [3.63, 3.8) is 0 Å². The first kappa shape index (κ1) is 18.7. The topological polar surface area (TPSA) is 80.2 Å². The number of thiazole rings is 1. The molecule has 1 atom stereocenters. The molecule has 1 amide bonds. The number of thiophene rings is 1. The lowest BCUT2D eigenvalue weighted by atomic mass is 10.1. The molecule has 7 nitrogen and oxygen atoms in total. The molecule has 1 N–H and O–H groups in total. The van der Waals surface area contributed by atoms with Crippen LogP contribution < -0.4 is 5.32 Å². The lowest BCUT2D eigenvalue weighted by molar-refractivity contribution is 0.0747. The van der Waals surface area contributed by atoms with Gasteiger partial charge in [-0.15, -0.1) is 22.7 Å². The minimum atomic E-state index is -0.0857. The smallest absolute Gasteiger partial charge is 0.264 e. The summed E-state index contributed by atoms with van der Waals surface area (Å²) in [6, 6.07) is -0.0857. The van der Waals surface area contributed by atoms with Crippen LogP contribution in [0.5, 0.6) is 0 Å². The predicted octanol–water partition coefficient (Wildman–Crippen LogP) is 3.35. The fraction of sp³-hybridized carbons (Fsp3) is 0.412. The normalized spacial score (nSPS) is 12.3. The van der Waals surface area contributed by atoms with Crippen LogP contribution in [0, 0.1) is 6.92 Å². The number of nitrogens with one attached hydrogen (secondary N) is 1. The van der Waals surface area contributed by atoms with Crippen LogP contribution >= 0.6 is 22.7 Å². The van der Waals surface area contributed by atoms with Crippen LogP contribution in [0.1, 0.15) is 33.2 Å². The number of aromatic nitrogens is 3. The monoisotopic (exact) mass is 391 g/mol. The van der Waals surface area contributed by atoms with E-state index in [1.165, 1.54) is 17.7 Å². The number of ether oxygens (including phenoxy) is 1. The van der Waals surface area contributed by atoms with E-state index in [2.05, 4.69) is 20.3 Å². The van der Waals surface area contributed by atoms with Gasteiger partial charge in [-0.3, -0.25) is 4.79 Å². The zero-order chi connectivity index (χ0) is 18.7. The van der Waals surface area contributed by atoms with Gasteiger partial charge in [0.2, 0.25) is 0 Å². The highest BCUT2D eigenvalue weighted by atomic mass is 32.1. The largest absolute Gasteiger partial charge is 0.383 e. The summed E-state index contributed by atoms with van der Waals surface area (Å²) in [5.41, 5.74) is 0.897. The van der Waals surface area contributed by atoms with E-state index in [4.69, 9.17) is 4.74 Å². The Kier molecular flexibility index (Phi) is 5.80. The molecule has 3 aromatic rings. The standard InChI is InChI=1S/C17H21N5O2S2/c1-10-12-14(18-5-7-24-4)20-9-21-16(12)26-13(10)17(23)22(3)11(2)15-19-6-8-25-15/h6,8-9,11H,5,7H2,1-4H3,(H,18,20,21). The average molecular weight is 392 g/mol. The summed E-state index contributed by atoms with van der Waals surface area (Å²) >= 11 is 2.95. The number of rotatable bonds is 7. The third-order valence-corrected chi connectivity index (χ3v) is 6.36. The summed E-state index contributed by atoms with van der Waals surface area (Å²) < 4.78 is 5.07. The number of nitrogens with zero attached hydrogens (tertiary/aromatic N) is 4. The highest BCUT2D eigenvalue weighted by Crippen LogP contribution is 2.35. The second-order valence-corrected chi connectivity index (χ2v) is 7.77. The number of amides is 1. The van der Waals surface area contributed by atoms with Gasteiger partial charge >= 0.3 is 0 Å². The van der Waals surface area contributed by atoms with Gasteiger partial charge in [0, 0.05) is 32.3 Å². The molecule has 0 radical (unpaired) electrons. The lowest BCUT2D eigenvalue weighted by Crippen LogP contribution is -2.29. The van der Waals surface area contributed by atoms with Crippen molar-refractivity contribution in [2.45, 2.75) is 19.9 Å². The highest BCUT2D eigenvalue weighted by molar-refractivity contribution is 7.20. The highest BCUT2D eigenvalue weighted by Gasteiger charge is 2.25. The van der Waals surface area contributed by atoms with Crippen LogP contribution in [0.25, 0.3) is 10.2 Å². The first-order valence-corrected chi connectivity index (χ1v) is 9.87. The molecule has 0 fully saturated rings. The van der Waals surface area contributed by atoms with Gasteiger partial charge in [0.1, 0.15) is 22.0 Å². The van der Waals surface area contributed by atoms with Gasteiger partial charge in [0.05, 0.1) is 22.9 Å². The number of carbonyl (C=O) groups is 1. The Bertz CT molecular complexity index is 894. The summed E-state index contributed by atoms with van der Waals surface area (Å²) in [6.07, 6.45) is 3.27. The second-order valence-electron chi connectivity index (χ2n) is 5.84. The fourth-order valence-electron chi connectivity index (χ4n) is 2.62. The van der Waals surface area contributed by atoms with E-state index >= 15 is 0 Å². The molecule has 3 rings (SSSR count). The van der Waals surface area contributed by atoms with Gasteiger partial charge in [-0.25, -0.2) is 15.0 Å². The zero-order valence-electron chi connectivity index (χ0n) is 15.1. The molecule has 3 heterocycles. The minimum Gasteiger partial charge on any atom is -0.383 e. The Hall–Kier alpha value is -2.10. The van der Waals surface area contributed by atoms with Crippen molar-refractivity contribution in [1.29, 1.82) is 0 Å². The number of methoxy groups -OCH3 is 1. The van der Waals surface area contributed by atoms with E-state index in [0.29, 0.717) is 18.0 Å². The quantitative estimate of drug-likeness (QED) is 0.622. The maximum Gasteiger partial charge on any atom is 0.264 e. The number of fused-ring (bicyclic) bond motifs is 1. The average Bonchev–Trinajstić information content (AvgIpc) is 3.29. The van der Waals surface area contributed by atoms with Crippen LogP contribution in [0.4, 0.5) is 5.82 Å². The Morgan fingerprint density at radius 3 is 2.88 bits per heavy atom. The maximum absolute atomic E-state index is 13.1. The summed E-state index contributed by atoms with van der Waals surface area (Å²) in [5, 5.41) is 6.99. The number of carbonyl (C=O) groups excluding carboxylic acids is 1. The van der Waals surface area contributed by atoms with E-state index in [1.54, 1.807) is 29.5 Å². The van der Waals surface area contributed by atoms with Crippen LogP contribution in [0.2, 0.25) is 0 Å². The molecule has 0 aliphatic rings. The first-order valence-electron chi connectivity index (χ1n) is 8.18. The van der Waals surface area contributed by atoms with E-state index < -0.39 is 0 Å². The van der Waals surface area contributed by atoms with Gasteiger partial charge in [0.15, 0.2) is 0 Å². The van der Waals surface area contributed by atoms with Gasteiger partial charge in [0.25, 0.3) is 5.91 Å². The molecule has 0 aliphatic heterocycles. The maximum atomic E-state index is 13.1. The fourth-order valence-corrected chi connectivity index (χ4v) is 4.49. The molecule has 0 aliphatic carbocycles. The van der Waals surface area contributed by atoms with E-state index in [0.717, 1.165) is 26.6 Å². The van der Waals surface area contributed by atoms with Gasteiger partial charge in [-0.05, 0) is 19.4 Å². The van der Waals surface area contributed by atoms with E-state index in [1.807, 2.05) is 26.3 Å². The Morgan fingerprint density at radius 1 is 1.38 bits per heavy atom. The molecule has 138 valence electrons. The van der Waals surface area contributed by atoms with Crippen LogP contribution in [-0.4, -0.2) is 53.1 Å². The van der Waals surface area contributed by atoms with Gasteiger partial charge in [-0.2, -0.15) is 0 Å². The Balaban J connectivity index is 1.91. The molecule has 0 spiro atoms. The minimum absolute atomic E-state index is 0.0314. The molecular weight excluding hydrogens is 370 g/mol. The summed E-state index contributed by atoms with van der Waals surface area (Å²) in [7, 11) is 3.46. The number of hydrogen-bond acceptors (Lipinski definition) is 8. The Labute approximate surface area is 160 Å². The molecule has 0 saturated carbocycles. The van der Waals surface area contributed by atoms with Crippen LogP contribution in [0.15, 0.2) is 17.9 Å². The third-order valence-electron chi connectivity index (χ3n) is 4.23. The van der Waals surface area contributed by atoms with Gasteiger partial charge in [-0.1, -0.05) is 0 Å².